The van der Waals surface area contributed by atoms with Crippen molar-refractivity contribution >= 4 is 16.9 Å². The lowest BCUT2D eigenvalue weighted by Gasteiger charge is -2.31. The van der Waals surface area contributed by atoms with Crippen molar-refractivity contribution in [3.8, 4) is 0 Å². The average molecular weight is 380 g/mol. The van der Waals surface area contributed by atoms with Gasteiger partial charge in [0.05, 0.1) is 5.92 Å². The molecule has 3 N–H and O–H groups in total. The third-order valence-corrected chi connectivity index (χ3v) is 5.40. The van der Waals surface area contributed by atoms with Crippen LogP contribution in [0.5, 0.6) is 0 Å². The molecule has 2 atom stereocenters. The van der Waals surface area contributed by atoms with Crippen LogP contribution in [0, 0.1) is 12.8 Å². The summed E-state index contributed by atoms with van der Waals surface area (Å²) in [6, 6.07) is 6.03. The Hall–Kier alpha value is -2.18. The zero-order valence-electron chi connectivity index (χ0n) is 15.8. The molecular weight excluding hydrogens is 353 g/mol. The van der Waals surface area contributed by atoms with Crippen LogP contribution < -0.4 is 10.6 Å². The number of aliphatic imine (C=N–C) groups is 1. The zero-order valence-corrected chi connectivity index (χ0v) is 15.8. The summed E-state index contributed by atoms with van der Waals surface area (Å²) in [5, 5.41) is 7.61. The summed E-state index contributed by atoms with van der Waals surface area (Å²) in [6.07, 6.45) is 0.400. The van der Waals surface area contributed by atoms with Crippen LogP contribution in [0.3, 0.4) is 0 Å². The maximum Gasteiger partial charge on any atom is 0.391 e. The van der Waals surface area contributed by atoms with Crippen molar-refractivity contribution in [1.29, 1.82) is 0 Å². The smallest absolute Gasteiger partial charge is 0.361 e. The maximum absolute atomic E-state index is 13.0. The first-order chi connectivity index (χ1) is 12.9. The van der Waals surface area contributed by atoms with Gasteiger partial charge >= 0.3 is 6.18 Å². The number of halogens is 3. The van der Waals surface area contributed by atoms with Crippen molar-refractivity contribution in [2.24, 2.45) is 10.9 Å². The van der Waals surface area contributed by atoms with Gasteiger partial charge in [-0.25, -0.2) is 0 Å². The normalized spacial score (nSPS) is 21.4. The van der Waals surface area contributed by atoms with E-state index in [2.05, 4.69) is 39.7 Å². The molecule has 148 valence electrons. The predicted molar refractivity (Wildman–Crippen MR) is 103 cm³/mol. The number of para-hydroxylation sites is 1. The number of aromatic amines is 1. The van der Waals surface area contributed by atoms with Gasteiger partial charge in [0.15, 0.2) is 5.96 Å². The average Bonchev–Trinajstić information content (AvgIpc) is 3.05. The van der Waals surface area contributed by atoms with E-state index in [0.717, 1.165) is 18.4 Å². The first-order valence-corrected chi connectivity index (χ1v) is 9.48. The fourth-order valence-corrected chi connectivity index (χ4v) is 3.89. The fraction of sp³-hybridized carbons (Fsp3) is 0.550. The standard InChI is InChI=1S/C20H27F3N4/c1-13-5-3-8-17-14(12-26-18(13)17)9-10-25-19(24-2)27-16-7-4-6-15(11-16)20(21,22)23/h3,5,8,12,15-16,26H,4,6-7,9-11H2,1-2H3,(H2,24,25,27). The van der Waals surface area contributed by atoms with Gasteiger partial charge in [-0.05, 0) is 43.7 Å². The Labute approximate surface area is 157 Å². The number of hydrogen-bond acceptors (Lipinski definition) is 1. The fourth-order valence-electron chi connectivity index (χ4n) is 3.89. The number of benzene rings is 1. The van der Waals surface area contributed by atoms with Gasteiger partial charge in [0.2, 0.25) is 0 Å². The summed E-state index contributed by atoms with van der Waals surface area (Å²) in [5.74, 6) is -0.643. The van der Waals surface area contributed by atoms with Crippen molar-refractivity contribution in [3.63, 3.8) is 0 Å². The van der Waals surface area contributed by atoms with Crippen molar-refractivity contribution in [3.05, 3.63) is 35.5 Å². The monoisotopic (exact) mass is 380 g/mol. The van der Waals surface area contributed by atoms with E-state index < -0.39 is 12.1 Å². The third-order valence-electron chi connectivity index (χ3n) is 5.40. The molecule has 0 spiro atoms. The lowest BCUT2D eigenvalue weighted by molar-refractivity contribution is -0.183. The number of aryl methyl sites for hydroxylation is 1. The Morgan fingerprint density at radius 2 is 2.11 bits per heavy atom. The van der Waals surface area contributed by atoms with Gasteiger partial charge in [0.1, 0.15) is 0 Å². The second-order valence-electron chi connectivity index (χ2n) is 7.31. The van der Waals surface area contributed by atoms with Crippen LogP contribution in [0.15, 0.2) is 29.4 Å². The van der Waals surface area contributed by atoms with E-state index >= 15 is 0 Å². The highest BCUT2D eigenvalue weighted by molar-refractivity contribution is 5.86. The summed E-state index contributed by atoms with van der Waals surface area (Å²) in [4.78, 5) is 7.48. The maximum atomic E-state index is 13.0. The second kappa shape index (κ2) is 8.23. The number of aromatic nitrogens is 1. The molecule has 3 rings (SSSR count). The molecular formula is C20H27F3N4. The van der Waals surface area contributed by atoms with Crippen molar-refractivity contribution in [2.45, 2.75) is 51.2 Å². The Morgan fingerprint density at radius 1 is 1.30 bits per heavy atom. The van der Waals surface area contributed by atoms with Crippen molar-refractivity contribution < 1.29 is 13.2 Å². The molecule has 2 unspecified atom stereocenters. The number of guanidine groups is 1. The first kappa shape index (κ1) is 19.6. The molecule has 0 bridgehead atoms. The molecule has 1 aliphatic carbocycles. The SMILES string of the molecule is CN=C(NCCc1c[nH]c2c(C)cccc12)NC1CCCC(C(F)(F)F)C1. The van der Waals surface area contributed by atoms with Crippen LogP contribution >= 0.6 is 0 Å². The van der Waals surface area contributed by atoms with Crippen molar-refractivity contribution in [1.82, 2.24) is 15.6 Å². The highest BCUT2D eigenvalue weighted by atomic mass is 19.4. The molecule has 1 heterocycles. The lowest BCUT2D eigenvalue weighted by Crippen LogP contribution is -2.47. The number of alkyl halides is 3. The molecule has 0 amide bonds. The molecule has 0 aliphatic heterocycles. The number of rotatable bonds is 4. The molecule has 27 heavy (non-hydrogen) atoms. The van der Waals surface area contributed by atoms with Gasteiger partial charge in [0, 0.05) is 36.7 Å². The van der Waals surface area contributed by atoms with Gasteiger partial charge in [-0.15, -0.1) is 0 Å². The number of hydrogen-bond donors (Lipinski definition) is 3. The molecule has 1 aliphatic rings. The number of nitrogens with one attached hydrogen (secondary N) is 3. The van der Waals surface area contributed by atoms with E-state index in [4.69, 9.17) is 0 Å². The minimum atomic E-state index is -4.11. The molecule has 0 saturated heterocycles. The molecule has 4 nitrogen and oxygen atoms in total. The zero-order chi connectivity index (χ0) is 19.4. The molecule has 1 aromatic heterocycles. The van der Waals surface area contributed by atoms with E-state index in [1.165, 1.54) is 16.5 Å². The highest BCUT2D eigenvalue weighted by Crippen LogP contribution is 2.37. The first-order valence-electron chi connectivity index (χ1n) is 9.48. The van der Waals surface area contributed by atoms with E-state index in [9.17, 15) is 13.2 Å². The minimum Gasteiger partial charge on any atom is -0.361 e. The summed E-state index contributed by atoms with van der Waals surface area (Å²) in [6.45, 7) is 2.74. The Bertz CT molecular complexity index is 794. The summed E-state index contributed by atoms with van der Waals surface area (Å²) < 4.78 is 38.9. The van der Waals surface area contributed by atoms with Crippen LogP contribution in [0.2, 0.25) is 0 Å². The van der Waals surface area contributed by atoms with Gasteiger partial charge in [-0.2, -0.15) is 13.2 Å². The van der Waals surface area contributed by atoms with Crippen LogP contribution in [0.1, 0.15) is 36.8 Å². The van der Waals surface area contributed by atoms with Crippen LogP contribution in [0.25, 0.3) is 10.9 Å². The van der Waals surface area contributed by atoms with Crippen molar-refractivity contribution in [2.75, 3.05) is 13.6 Å². The molecule has 7 heteroatoms. The van der Waals surface area contributed by atoms with Gasteiger partial charge in [-0.3, -0.25) is 4.99 Å². The highest BCUT2D eigenvalue weighted by Gasteiger charge is 2.42. The van der Waals surface area contributed by atoms with E-state index in [-0.39, 0.29) is 18.9 Å². The summed E-state index contributed by atoms with van der Waals surface area (Å²) in [7, 11) is 1.65. The van der Waals surface area contributed by atoms with Gasteiger partial charge in [0.25, 0.3) is 0 Å². The quantitative estimate of drug-likeness (QED) is 0.547. The largest absolute Gasteiger partial charge is 0.391 e. The molecule has 1 fully saturated rings. The summed E-state index contributed by atoms with van der Waals surface area (Å²) >= 11 is 0. The molecule has 0 radical (unpaired) electrons. The van der Waals surface area contributed by atoms with Crippen LogP contribution in [-0.4, -0.2) is 36.8 Å². The van der Waals surface area contributed by atoms with Crippen LogP contribution in [-0.2, 0) is 6.42 Å². The van der Waals surface area contributed by atoms with Crippen LogP contribution in [0.4, 0.5) is 13.2 Å². The third kappa shape index (κ3) is 4.76. The molecule has 1 saturated carbocycles. The second-order valence-corrected chi connectivity index (χ2v) is 7.31. The molecule has 1 aromatic carbocycles. The predicted octanol–water partition coefficient (Wildman–Crippen LogP) is 4.30. The summed E-state index contributed by atoms with van der Waals surface area (Å²) in [5.41, 5.74) is 3.57. The van der Waals surface area contributed by atoms with E-state index in [1.807, 2.05) is 12.3 Å². The van der Waals surface area contributed by atoms with E-state index in [0.29, 0.717) is 18.9 Å². The Kier molecular flexibility index (Phi) is 5.97. The Morgan fingerprint density at radius 3 is 2.85 bits per heavy atom. The van der Waals surface area contributed by atoms with Gasteiger partial charge < -0.3 is 15.6 Å². The van der Waals surface area contributed by atoms with Gasteiger partial charge in [-0.1, -0.05) is 24.6 Å². The lowest BCUT2D eigenvalue weighted by atomic mass is 9.85. The minimum absolute atomic E-state index is 0.117. The Balaban J connectivity index is 1.53. The number of H-pyrrole nitrogens is 1. The number of nitrogens with zero attached hydrogens (tertiary/aromatic N) is 1. The molecule has 2 aromatic rings. The topological polar surface area (TPSA) is 52.2 Å². The number of fused-ring (bicyclic) bond motifs is 1. The van der Waals surface area contributed by atoms with E-state index in [1.54, 1.807) is 7.05 Å².